The molecule has 1 fully saturated rings. The summed E-state index contributed by atoms with van der Waals surface area (Å²) in [4.78, 5) is 33.3. The van der Waals surface area contributed by atoms with Crippen LogP contribution in [-0.4, -0.2) is 62.5 Å². The lowest BCUT2D eigenvalue weighted by Crippen LogP contribution is -2.41. The summed E-state index contributed by atoms with van der Waals surface area (Å²) in [6.45, 7) is 3.68. The van der Waals surface area contributed by atoms with Crippen LogP contribution >= 0.6 is 34.9 Å². The van der Waals surface area contributed by atoms with Gasteiger partial charge in [-0.1, -0.05) is 30.3 Å². The van der Waals surface area contributed by atoms with Gasteiger partial charge in [-0.05, 0) is 84.1 Å². The first-order valence-electron chi connectivity index (χ1n) is 12.9. The second kappa shape index (κ2) is 14.2. The summed E-state index contributed by atoms with van der Waals surface area (Å²) in [5.74, 6) is 1.66. The Morgan fingerprint density at radius 2 is 1.95 bits per heavy atom. The van der Waals surface area contributed by atoms with Crippen LogP contribution in [0.2, 0.25) is 0 Å². The van der Waals surface area contributed by atoms with Crippen LogP contribution in [0.15, 0.2) is 54.2 Å². The molecule has 2 aromatic carbocycles. The fourth-order valence-corrected chi connectivity index (χ4v) is 7.01. The topological polar surface area (TPSA) is 82.5 Å². The van der Waals surface area contributed by atoms with Gasteiger partial charge in [0, 0.05) is 35.8 Å². The van der Waals surface area contributed by atoms with E-state index < -0.39 is 12.0 Å². The van der Waals surface area contributed by atoms with Crippen LogP contribution in [0.3, 0.4) is 0 Å². The third kappa shape index (κ3) is 7.62. The third-order valence-corrected chi connectivity index (χ3v) is 9.37. The zero-order valence-corrected chi connectivity index (χ0v) is 24.3. The number of amides is 1. The number of aromatic nitrogens is 1. The highest BCUT2D eigenvalue weighted by molar-refractivity contribution is 7.99. The Bertz CT molecular complexity index is 1210. The van der Waals surface area contributed by atoms with Crippen molar-refractivity contribution < 1.29 is 14.7 Å². The summed E-state index contributed by atoms with van der Waals surface area (Å²) in [6.07, 6.45) is 6.60. The van der Waals surface area contributed by atoms with Crippen molar-refractivity contribution in [1.29, 1.82) is 0 Å². The van der Waals surface area contributed by atoms with Crippen LogP contribution in [0.4, 0.5) is 0 Å². The molecular formula is C29H35N3O3S3. The summed E-state index contributed by atoms with van der Waals surface area (Å²) in [5.41, 5.74) is 6.42. The molecule has 1 aliphatic rings. The monoisotopic (exact) mass is 569 g/mol. The number of thiazole rings is 1. The molecule has 202 valence electrons. The predicted octanol–water partition coefficient (Wildman–Crippen LogP) is 5.95. The molecule has 2 N–H and O–H groups in total. The average molecular weight is 570 g/mol. The molecule has 6 nitrogen and oxygen atoms in total. The molecule has 0 aliphatic carbocycles. The van der Waals surface area contributed by atoms with Crippen LogP contribution in [0.5, 0.6) is 0 Å². The summed E-state index contributed by atoms with van der Waals surface area (Å²) in [7, 11) is 0. The zero-order valence-electron chi connectivity index (χ0n) is 21.9. The van der Waals surface area contributed by atoms with Gasteiger partial charge in [-0.15, -0.1) is 11.3 Å². The van der Waals surface area contributed by atoms with Gasteiger partial charge in [0.05, 0.1) is 5.51 Å². The fraction of sp³-hybridized carbons (Fsp3) is 0.414. The molecule has 3 aromatic rings. The predicted molar refractivity (Wildman–Crippen MR) is 160 cm³/mol. The van der Waals surface area contributed by atoms with Crippen molar-refractivity contribution in [3.8, 4) is 11.1 Å². The highest BCUT2D eigenvalue weighted by atomic mass is 32.2. The van der Waals surface area contributed by atoms with E-state index in [-0.39, 0.29) is 5.91 Å². The van der Waals surface area contributed by atoms with Crippen molar-refractivity contribution in [1.82, 2.24) is 15.2 Å². The number of carboxylic acids is 1. The van der Waals surface area contributed by atoms with Gasteiger partial charge < -0.3 is 10.4 Å². The molecular weight excluding hydrogens is 535 g/mol. The molecule has 0 radical (unpaired) electrons. The largest absolute Gasteiger partial charge is 0.480 e. The van der Waals surface area contributed by atoms with Crippen molar-refractivity contribution in [2.45, 2.75) is 51.4 Å². The first-order valence-corrected chi connectivity index (χ1v) is 16.3. The van der Waals surface area contributed by atoms with Gasteiger partial charge in [0.25, 0.3) is 5.91 Å². The minimum atomic E-state index is -1.01. The van der Waals surface area contributed by atoms with E-state index in [0.717, 1.165) is 35.3 Å². The highest BCUT2D eigenvalue weighted by Gasteiger charge is 2.25. The first kappa shape index (κ1) is 28.7. The van der Waals surface area contributed by atoms with Crippen LogP contribution in [0.1, 0.15) is 45.6 Å². The van der Waals surface area contributed by atoms with Crippen molar-refractivity contribution in [2.24, 2.45) is 0 Å². The molecule has 0 spiro atoms. The summed E-state index contributed by atoms with van der Waals surface area (Å²) >= 11 is 5.28. The molecule has 0 unspecified atom stereocenters. The number of hydrogen-bond donors (Lipinski definition) is 2. The summed E-state index contributed by atoms with van der Waals surface area (Å²) in [5, 5.41) is 12.4. The van der Waals surface area contributed by atoms with Crippen molar-refractivity contribution in [3.05, 3.63) is 75.7 Å². The van der Waals surface area contributed by atoms with Crippen molar-refractivity contribution >= 4 is 46.7 Å². The molecule has 0 bridgehead atoms. The van der Waals surface area contributed by atoms with Crippen LogP contribution in [0, 0.1) is 6.92 Å². The number of carbonyl (C=O) groups is 2. The number of rotatable bonds is 12. The highest BCUT2D eigenvalue weighted by Crippen LogP contribution is 2.31. The van der Waals surface area contributed by atoms with E-state index in [1.54, 1.807) is 23.1 Å². The minimum Gasteiger partial charge on any atom is -0.480 e. The number of aryl methyl sites for hydroxylation is 1. The number of carbonyl (C=O) groups excluding carboxylic acids is 1. The van der Waals surface area contributed by atoms with E-state index in [1.807, 2.05) is 73.0 Å². The molecule has 4 rings (SSSR count). The summed E-state index contributed by atoms with van der Waals surface area (Å²) in [6, 6.07) is 13.6. The number of benzene rings is 2. The fourth-order valence-electron chi connectivity index (χ4n) is 4.83. The first-order chi connectivity index (χ1) is 18.5. The molecule has 1 aromatic heterocycles. The molecule has 1 aliphatic heterocycles. The Hall–Kier alpha value is -2.33. The number of aliphatic carboxylic acids is 1. The van der Waals surface area contributed by atoms with Crippen molar-refractivity contribution in [3.63, 3.8) is 0 Å². The Morgan fingerprint density at radius 1 is 1.16 bits per heavy atom. The standard InChI is InChI=1S/C29H35N3O3S3/c1-20-5-3-4-6-24(20)26-15-21(7-8-25(26)28(33)31-27(29(34)35)11-12-36-2)17-32(18-23-16-30-19-38-23)22-9-13-37-14-10-22/h3-8,15-16,19,22,27H,9-14,17-18H2,1-2H3,(H,31,33)(H,34,35)/t27-/m0/s1. The van der Waals surface area contributed by atoms with Gasteiger partial charge in [0.1, 0.15) is 6.04 Å². The smallest absolute Gasteiger partial charge is 0.326 e. The van der Waals surface area contributed by atoms with E-state index in [4.69, 9.17) is 0 Å². The molecule has 1 saturated heterocycles. The lowest BCUT2D eigenvalue weighted by atomic mass is 9.93. The van der Waals surface area contributed by atoms with Crippen LogP contribution < -0.4 is 5.32 Å². The van der Waals surface area contributed by atoms with Gasteiger partial charge >= 0.3 is 5.97 Å². The number of nitrogens with one attached hydrogen (secondary N) is 1. The minimum absolute atomic E-state index is 0.353. The maximum Gasteiger partial charge on any atom is 0.326 e. The second-order valence-electron chi connectivity index (χ2n) is 9.56. The lowest BCUT2D eigenvalue weighted by molar-refractivity contribution is -0.139. The number of hydrogen-bond acceptors (Lipinski definition) is 7. The normalized spacial score (nSPS) is 14.9. The molecule has 2 heterocycles. The van der Waals surface area contributed by atoms with E-state index in [1.165, 1.54) is 29.2 Å². The Kier molecular flexibility index (Phi) is 10.7. The lowest BCUT2D eigenvalue weighted by Gasteiger charge is -2.34. The van der Waals surface area contributed by atoms with Crippen molar-refractivity contribution in [2.75, 3.05) is 23.5 Å². The van der Waals surface area contributed by atoms with E-state index in [2.05, 4.69) is 21.3 Å². The third-order valence-electron chi connectivity index (χ3n) is 6.91. The second-order valence-corrected chi connectivity index (χ2v) is 12.7. The number of thioether (sulfide) groups is 2. The Morgan fingerprint density at radius 3 is 2.63 bits per heavy atom. The van der Waals surface area contributed by atoms with Crippen LogP contribution in [-0.2, 0) is 17.9 Å². The van der Waals surface area contributed by atoms with Gasteiger partial charge in [0.15, 0.2) is 0 Å². The number of carboxylic acid groups (broad SMARTS) is 1. The quantitative estimate of drug-likeness (QED) is 0.279. The molecule has 9 heteroatoms. The van der Waals surface area contributed by atoms with E-state index in [0.29, 0.717) is 23.8 Å². The molecule has 38 heavy (non-hydrogen) atoms. The number of nitrogens with zero attached hydrogens (tertiary/aromatic N) is 2. The van der Waals surface area contributed by atoms with Gasteiger partial charge in [0.2, 0.25) is 0 Å². The molecule has 0 saturated carbocycles. The molecule has 1 atom stereocenters. The molecule has 1 amide bonds. The SMILES string of the molecule is CSCC[C@H](NC(=O)c1ccc(CN(Cc2cncs2)C2CCSCC2)cc1-c1ccccc1C)C(=O)O. The Labute approximate surface area is 237 Å². The van der Waals surface area contributed by atoms with E-state index >= 15 is 0 Å². The van der Waals surface area contributed by atoms with Gasteiger partial charge in [-0.3, -0.25) is 14.7 Å². The summed E-state index contributed by atoms with van der Waals surface area (Å²) < 4.78 is 0. The zero-order chi connectivity index (χ0) is 26.9. The average Bonchev–Trinajstić information content (AvgIpc) is 3.44. The maximum absolute atomic E-state index is 13.4. The van der Waals surface area contributed by atoms with E-state index in [9.17, 15) is 14.7 Å². The van der Waals surface area contributed by atoms with Crippen LogP contribution in [0.25, 0.3) is 11.1 Å². The van der Waals surface area contributed by atoms with Gasteiger partial charge in [-0.25, -0.2) is 4.79 Å². The van der Waals surface area contributed by atoms with Gasteiger partial charge in [-0.2, -0.15) is 23.5 Å². The maximum atomic E-state index is 13.4. The Balaban J connectivity index is 1.66.